The lowest BCUT2D eigenvalue weighted by Crippen LogP contribution is -2.35. The highest BCUT2D eigenvalue weighted by Gasteiger charge is 2.18. The molecule has 0 bridgehead atoms. The average Bonchev–Trinajstić information content (AvgIpc) is 3.05. The van der Waals surface area contributed by atoms with Crippen LogP contribution in [0.15, 0.2) is 42.5 Å². The molecule has 2 aromatic carbocycles. The number of anilines is 1. The average molecular weight is 363 g/mol. The van der Waals surface area contributed by atoms with Crippen molar-refractivity contribution >= 4 is 28.4 Å². The Morgan fingerprint density at radius 2 is 1.85 bits per heavy atom. The van der Waals surface area contributed by atoms with E-state index in [1.807, 2.05) is 57.2 Å². The van der Waals surface area contributed by atoms with Crippen molar-refractivity contribution in [3.63, 3.8) is 0 Å². The maximum atomic E-state index is 12.7. The summed E-state index contributed by atoms with van der Waals surface area (Å²) in [5.41, 5.74) is 5.55. The molecule has 1 heterocycles. The number of aryl methyl sites for hydroxylation is 3. The number of benzene rings is 2. The molecule has 0 aliphatic carbocycles. The third-order valence-corrected chi connectivity index (χ3v) is 4.72. The highest BCUT2D eigenvalue weighted by atomic mass is 16.2. The van der Waals surface area contributed by atoms with Gasteiger partial charge >= 0.3 is 0 Å². The molecule has 2 amide bonds. The molecule has 0 saturated carbocycles. The Labute approximate surface area is 159 Å². The summed E-state index contributed by atoms with van der Waals surface area (Å²) in [4.78, 5) is 29.7. The fraction of sp³-hybridized carbons (Fsp3) is 0.273. The molecule has 2 N–H and O–H groups in total. The number of amides is 2. The molecule has 140 valence electrons. The lowest BCUT2D eigenvalue weighted by atomic mass is 10.1. The number of nitrogens with zero attached hydrogens (tertiary/aromatic N) is 1. The van der Waals surface area contributed by atoms with E-state index in [2.05, 4.69) is 16.4 Å². The molecule has 0 fully saturated rings. The molecule has 5 nitrogen and oxygen atoms in total. The first kappa shape index (κ1) is 18.7. The molecule has 0 atom stereocenters. The van der Waals surface area contributed by atoms with E-state index in [1.165, 1.54) is 4.90 Å². The number of hydrogen-bond donors (Lipinski definition) is 2. The lowest BCUT2D eigenvalue weighted by Gasteiger charge is -2.17. The molecule has 3 rings (SSSR count). The highest BCUT2D eigenvalue weighted by Crippen LogP contribution is 2.22. The van der Waals surface area contributed by atoms with Crippen molar-refractivity contribution in [3.8, 4) is 0 Å². The zero-order valence-corrected chi connectivity index (χ0v) is 16.2. The largest absolute Gasteiger partial charge is 0.351 e. The molecule has 3 aromatic rings. The lowest BCUT2D eigenvalue weighted by molar-refractivity contribution is -0.116. The number of carbonyl (C=O) groups excluding carboxylic acids is 2. The summed E-state index contributed by atoms with van der Waals surface area (Å²) in [6.07, 6.45) is 0.832. The normalized spacial score (nSPS) is 10.8. The van der Waals surface area contributed by atoms with E-state index in [0.717, 1.165) is 39.7 Å². The first-order chi connectivity index (χ1) is 12.9. The SMILES string of the molecule is CCc1ccccc1NC(=O)CN(C)C(=O)c1cc2c(C)cc(C)cc2[nH]1. The number of fused-ring (bicyclic) bond motifs is 1. The van der Waals surface area contributed by atoms with Crippen molar-refractivity contribution in [2.75, 3.05) is 18.9 Å². The molecular weight excluding hydrogens is 338 g/mol. The number of carbonyl (C=O) groups is 2. The van der Waals surface area contributed by atoms with Crippen LogP contribution in [0.25, 0.3) is 10.9 Å². The van der Waals surface area contributed by atoms with E-state index in [9.17, 15) is 9.59 Å². The number of nitrogens with one attached hydrogen (secondary N) is 2. The fourth-order valence-corrected chi connectivity index (χ4v) is 3.35. The van der Waals surface area contributed by atoms with Crippen LogP contribution in [-0.2, 0) is 11.2 Å². The molecule has 0 aliphatic rings. The third-order valence-electron chi connectivity index (χ3n) is 4.72. The number of para-hydroxylation sites is 1. The Balaban J connectivity index is 1.72. The van der Waals surface area contributed by atoms with Crippen molar-refractivity contribution in [3.05, 3.63) is 64.8 Å². The van der Waals surface area contributed by atoms with E-state index in [1.54, 1.807) is 7.05 Å². The second-order valence-electron chi connectivity index (χ2n) is 6.95. The van der Waals surface area contributed by atoms with Crippen LogP contribution in [0.4, 0.5) is 5.69 Å². The van der Waals surface area contributed by atoms with Gasteiger partial charge in [0, 0.05) is 23.6 Å². The zero-order valence-electron chi connectivity index (χ0n) is 16.2. The standard InChI is InChI=1S/C22H25N3O2/c1-5-16-8-6-7-9-18(16)24-21(26)13-25(4)22(27)20-12-17-15(3)10-14(2)11-19(17)23-20/h6-12,23H,5,13H2,1-4H3,(H,24,26). The van der Waals surface area contributed by atoms with Gasteiger partial charge in [0.1, 0.15) is 5.69 Å². The predicted molar refractivity (Wildman–Crippen MR) is 109 cm³/mol. The first-order valence-electron chi connectivity index (χ1n) is 9.12. The van der Waals surface area contributed by atoms with Crippen LogP contribution >= 0.6 is 0 Å². The summed E-state index contributed by atoms with van der Waals surface area (Å²) in [5, 5.41) is 3.93. The summed E-state index contributed by atoms with van der Waals surface area (Å²) in [7, 11) is 1.64. The van der Waals surface area contributed by atoms with Gasteiger partial charge < -0.3 is 15.2 Å². The van der Waals surface area contributed by atoms with Gasteiger partial charge in [-0.05, 0) is 55.2 Å². The minimum absolute atomic E-state index is 0.00967. The second-order valence-corrected chi connectivity index (χ2v) is 6.95. The first-order valence-corrected chi connectivity index (χ1v) is 9.12. The monoisotopic (exact) mass is 363 g/mol. The van der Waals surface area contributed by atoms with Gasteiger partial charge in [0.15, 0.2) is 0 Å². The maximum absolute atomic E-state index is 12.7. The van der Waals surface area contributed by atoms with Crippen molar-refractivity contribution in [1.82, 2.24) is 9.88 Å². The van der Waals surface area contributed by atoms with Gasteiger partial charge in [-0.1, -0.05) is 31.2 Å². The van der Waals surface area contributed by atoms with E-state index < -0.39 is 0 Å². The number of rotatable bonds is 5. The van der Waals surface area contributed by atoms with Crippen molar-refractivity contribution in [2.24, 2.45) is 0 Å². The van der Waals surface area contributed by atoms with Crippen LogP contribution < -0.4 is 5.32 Å². The molecule has 27 heavy (non-hydrogen) atoms. The summed E-state index contributed by atoms with van der Waals surface area (Å²) >= 11 is 0. The molecule has 0 spiro atoms. The van der Waals surface area contributed by atoms with E-state index >= 15 is 0 Å². The number of hydrogen-bond acceptors (Lipinski definition) is 2. The molecule has 0 saturated heterocycles. The highest BCUT2D eigenvalue weighted by molar-refractivity contribution is 6.01. The van der Waals surface area contributed by atoms with Crippen LogP contribution in [0.1, 0.15) is 34.1 Å². The summed E-state index contributed by atoms with van der Waals surface area (Å²) in [6, 6.07) is 13.7. The Bertz CT molecular complexity index is 1000. The van der Waals surface area contributed by atoms with Crippen molar-refractivity contribution < 1.29 is 9.59 Å². The number of aromatic amines is 1. The maximum Gasteiger partial charge on any atom is 0.270 e. The summed E-state index contributed by atoms with van der Waals surface area (Å²) < 4.78 is 0. The van der Waals surface area contributed by atoms with Gasteiger partial charge in [-0.15, -0.1) is 0 Å². The van der Waals surface area contributed by atoms with Crippen LogP contribution in [-0.4, -0.2) is 35.3 Å². The Morgan fingerprint density at radius 3 is 2.59 bits per heavy atom. The van der Waals surface area contributed by atoms with Gasteiger partial charge in [0.2, 0.25) is 5.91 Å². The fourth-order valence-electron chi connectivity index (χ4n) is 3.35. The van der Waals surface area contributed by atoms with Gasteiger partial charge in [0.25, 0.3) is 5.91 Å². The van der Waals surface area contributed by atoms with E-state index in [0.29, 0.717) is 5.69 Å². The Morgan fingerprint density at radius 1 is 1.11 bits per heavy atom. The smallest absolute Gasteiger partial charge is 0.270 e. The van der Waals surface area contributed by atoms with Gasteiger partial charge in [-0.2, -0.15) is 0 Å². The Hall–Kier alpha value is -3.08. The molecule has 1 aromatic heterocycles. The summed E-state index contributed by atoms with van der Waals surface area (Å²) in [5.74, 6) is -0.419. The molecule has 0 unspecified atom stereocenters. The minimum atomic E-state index is -0.213. The van der Waals surface area contributed by atoms with Crippen LogP contribution in [0, 0.1) is 13.8 Å². The zero-order chi connectivity index (χ0) is 19.6. The van der Waals surface area contributed by atoms with Crippen molar-refractivity contribution in [1.29, 1.82) is 0 Å². The van der Waals surface area contributed by atoms with Crippen molar-refractivity contribution in [2.45, 2.75) is 27.2 Å². The topological polar surface area (TPSA) is 65.2 Å². The number of aromatic nitrogens is 1. The molecular formula is C22H25N3O2. The Kier molecular flexibility index (Phi) is 5.31. The minimum Gasteiger partial charge on any atom is -0.351 e. The second kappa shape index (κ2) is 7.66. The predicted octanol–water partition coefficient (Wildman–Crippen LogP) is 4.06. The number of H-pyrrole nitrogens is 1. The van der Waals surface area contributed by atoms with Gasteiger partial charge in [-0.25, -0.2) is 0 Å². The van der Waals surface area contributed by atoms with Crippen LogP contribution in [0.2, 0.25) is 0 Å². The van der Waals surface area contributed by atoms with Gasteiger partial charge in [-0.3, -0.25) is 9.59 Å². The molecule has 0 radical (unpaired) electrons. The third kappa shape index (κ3) is 4.03. The van der Waals surface area contributed by atoms with Gasteiger partial charge in [0.05, 0.1) is 6.54 Å². The number of likely N-dealkylation sites (N-methyl/N-ethyl adjacent to an activating group) is 1. The molecule has 0 aliphatic heterocycles. The van der Waals surface area contributed by atoms with Crippen LogP contribution in [0.5, 0.6) is 0 Å². The summed E-state index contributed by atoms with van der Waals surface area (Å²) in [6.45, 7) is 6.09. The quantitative estimate of drug-likeness (QED) is 0.718. The van der Waals surface area contributed by atoms with E-state index in [4.69, 9.17) is 0 Å². The van der Waals surface area contributed by atoms with E-state index in [-0.39, 0.29) is 18.4 Å². The molecule has 5 heteroatoms. The van der Waals surface area contributed by atoms with Crippen LogP contribution in [0.3, 0.4) is 0 Å².